The number of allylic oxidation sites excluding steroid dienone is 1. The van der Waals surface area contributed by atoms with Crippen LogP contribution in [-0.4, -0.2) is 23.3 Å². The molecule has 0 saturated carbocycles. The minimum atomic E-state index is -1.39. The highest BCUT2D eigenvalue weighted by Crippen LogP contribution is 2.11. The number of aliphatic carboxylic acids is 1. The van der Waals surface area contributed by atoms with E-state index in [-0.39, 0.29) is 5.03 Å². The Balaban J connectivity index is 4.36. The summed E-state index contributed by atoms with van der Waals surface area (Å²) in [5.41, 5.74) is 6.45. The molecule has 0 bridgehead atoms. The molecule has 13 heavy (non-hydrogen) atoms. The van der Waals surface area contributed by atoms with E-state index in [1.54, 1.807) is 0 Å². The van der Waals surface area contributed by atoms with E-state index >= 15 is 0 Å². The number of carbonyl (C=O) groups excluding carboxylic acids is 1. The van der Waals surface area contributed by atoms with Gasteiger partial charge in [-0.25, -0.2) is 15.0 Å². The maximum atomic E-state index is 10.2. The molecular formula is C5H5Cl2N3O3. The van der Waals surface area contributed by atoms with E-state index in [4.69, 9.17) is 28.3 Å². The molecule has 0 aromatic carbocycles. The minimum Gasteiger partial charge on any atom is -0.477 e. The summed E-state index contributed by atoms with van der Waals surface area (Å²) >= 11 is 10.5. The number of carbonyl (C=O) groups is 2. The zero-order chi connectivity index (χ0) is 10.4. The molecule has 0 spiro atoms. The molecule has 4 N–H and O–H groups in total. The van der Waals surface area contributed by atoms with Crippen LogP contribution in [0.15, 0.2) is 15.2 Å². The summed E-state index contributed by atoms with van der Waals surface area (Å²) in [5.74, 6) is -1.39. The smallest absolute Gasteiger partial charge is 0.348 e. The average molecular weight is 226 g/mol. The summed E-state index contributed by atoms with van der Waals surface area (Å²) in [4.78, 5) is 20.3. The van der Waals surface area contributed by atoms with Gasteiger partial charge in [0.15, 0.2) is 0 Å². The largest absolute Gasteiger partial charge is 0.477 e. The number of carboxylic acid groups (broad SMARTS) is 1. The number of nitrogens with two attached hydrogens (primary N) is 1. The second-order valence-corrected chi connectivity index (χ2v) is 2.49. The van der Waals surface area contributed by atoms with Crippen molar-refractivity contribution in [2.75, 3.05) is 0 Å². The maximum absolute atomic E-state index is 10.2. The van der Waals surface area contributed by atoms with Crippen LogP contribution in [0.3, 0.4) is 0 Å². The predicted octanol–water partition coefficient (Wildman–Crippen LogP) is 0.414. The Labute approximate surface area is 83.0 Å². The van der Waals surface area contributed by atoms with Gasteiger partial charge in [0.1, 0.15) is 5.03 Å². The van der Waals surface area contributed by atoms with Crippen molar-refractivity contribution in [3.8, 4) is 0 Å². The van der Waals surface area contributed by atoms with E-state index in [0.717, 1.165) is 6.21 Å². The summed E-state index contributed by atoms with van der Waals surface area (Å²) in [6, 6.07) is -0.896. The highest BCUT2D eigenvalue weighted by atomic mass is 35.5. The second kappa shape index (κ2) is 5.39. The maximum Gasteiger partial charge on any atom is 0.348 e. The number of nitrogens with zero attached hydrogens (tertiary/aromatic N) is 1. The van der Waals surface area contributed by atoms with Crippen LogP contribution in [0.2, 0.25) is 0 Å². The molecule has 0 aromatic heterocycles. The third-order valence-corrected chi connectivity index (χ3v) is 1.50. The number of hydrogen-bond acceptors (Lipinski definition) is 3. The zero-order valence-electron chi connectivity index (χ0n) is 6.12. The number of halogens is 2. The van der Waals surface area contributed by atoms with Crippen LogP contribution < -0.4 is 11.2 Å². The molecule has 0 aliphatic carbocycles. The quantitative estimate of drug-likeness (QED) is 0.368. The van der Waals surface area contributed by atoms with E-state index in [1.807, 2.05) is 5.43 Å². The van der Waals surface area contributed by atoms with Crippen molar-refractivity contribution in [1.82, 2.24) is 5.43 Å². The molecule has 72 valence electrons. The molecule has 0 aliphatic rings. The van der Waals surface area contributed by atoms with Gasteiger partial charge < -0.3 is 10.8 Å². The molecule has 8 heteroatoms. The van der Waals surface area contributed by atoms with Crippen molar-refractivity contribution in [2.45, 2.75) is 0 Å². The number of hydrazone groups is 1. The van der Waals surface area contributed by atoms with Crippen molar-refractivity contribution in [3.05, 3.63) is 10.1 Å². The molecule has 0 saturated heterocycles. The van der Waals surface area contributed by atoms with Crippen molar-refractivity contribution in [3.63, 3.8) is 0 Å². The van der Waals surface area contributed by atoms with E-state index in [9.17, 15) is 9.59 Å². The van der Waals surface area contributed by atoms with Gasteiger partial charge in [-0.2, -0.15) is 5.10 Å². The van der Waals surface area contributed by atoms with Crippen LogP contribution in [0.4, 0.5) is 4.79 Å². The molecule has 0 unspecified atom stereocenters. The molecule has 0 heterocycles. The van der Waals surface area contributed by atoms with Gasteiger partial charge in [0.05, 0.1) is 11.2 Å². The van der Waals surface area contributed by atoms with Gasteiger partial charge in [-0.05, 0) is 0 Å². The van der Waals surface area contributed by atoms with Gasteiger partial charge in [-0.1, -0.05) is 23.2 Å². The predicted molar refractivity (Wildman–Crippen MR) is 47.6 cm³/mol. The first-order valence-corrected chi connectivity index (χ1v) is 3.57. The standard InChI is InChI=1S/C5H5Cl2N3O3/c6-2(3(7)4(11)12)1-9-10-5(8)13/h1H,(H,11,12)(H3,8,10,13)/b3-2+,9-1-. The summed E-state index contributed by atoms with van der Waals surface area (Å²) in [5, 5.41) is 10.6. The molecule has 6 nitrogen and oxygen atoms in total. The minimum absolute atomic E-state index is 0.317. The van der Waals surface area contributed by atoms with Gasteiger partial charge in [-0.15, -0.1) is 0 Å². The van der Waals surface area contributed by atoms with Gasteiger partial charge in [0.25, 0.3) is 0 Å². The normalized spacial score (nSPS) is 12.5. The van der Waals surface area contributed by atoms with Crippen molar-refractivity contribution in [2.24, 2.45) is 10.8 Å². The first kappa shape index (κ1) is 11.7. The zero-order valence-corrected chi connectivity index (χ0v) is 7.63. The van der Waals surface area contributed by atoms with Crippen LogP contribution in [0.1, 0.15) is 0 Å². The van der Waals surface area contributed by atoms with Crippen LogP contribution in [0, 0.1) is 0 Å². The third kappa shape index (κ3) is 5.05. The monoisotopic (exact) mass is 225 g/mol. The van der Waals surface area contributed by atoms with E-state index < -0.39 is 17.0 Å². The fraction of sp³-hybridized carbons (Fsp3) is 0. The van der Waals surface area contributed by atoms with Gasteiger partial charge >= 0.3 is 12.0 Å². The first-order valence-electron chi connectivity index (χ1n) is 2.82. The van der Waals surface area contributed by atoms with Crippen LogP contribution in [0.25, 0.3) is 0 Å². The van der Waals surface area contributed by atoms with Crippen LogP contribution >= 0.6 is 23.2 Å². The average Bonchev–Trinajstić information content (AvgIpc) is 2.02. The van der Waals surface area contributed by atoms with Crippen molar-refractivity contribution >= 4 is 41.4 Å². The number of nitrogens with one attached hydrogen (secondary N) is 1. The second-order valence-electron chi connectivity index (χ2n) is 1.70. The Morgan fingerprint density at radius 2 is 2.00 bits per heavy atom. The van der Waals surface area contributed by atoms with Gasteiger partial charge in [0.2, 0.25) is 0 Å². The van der Waals surface area contributed by atoms with E-state index in [0.29, 0.717) is 0 Å². The number of rotatable bonds is 3. The lowest BCUT2D eigenvalue weighted by Gasteiger charge is -1.92. The van der Waals surface area contributed by atoms with Gasteiger partial charge in [-0.3, -0.25) is 0 Å². The lowest BCUT2D eigenvalue weighted by molar-refractivity contribution is -0.131. The lowest BCUT2D eigenvalue weighted by Crippen LogP contribution is -2.24. The fourth-order valence-corrected chi connectivity index (χ4v) is 0.490. The summed E-state index contributed by atoms with van der Waals surface area (Å²) < 4.78 is 0. The highest BCUT2D eigenvalue weighted by molar-refractivity contribution is 6.51. The number of amides is 2. The molecular weight excluding hydrogens is 221 g/mol. The van der Waals surface area contributed by atoms with E-state index in [2.05, 4.69) is 10.8 Å². The Bertz CT molecular complexity index is 287. The highest BCUT2D eigenvalue weighted by Gasteiger charge is 2.07. The van der Waals surface area contributed by atoms with Crippen LogP contribution in [-0.2, 0) is 4.79 Å². The molecule has 0 aliphatic heterocycles. The van der Waals surface area contributed by atoms with E-state index in [1.165, 1.54) is 0 Å². The van der Waals surface area contributed by atoms with Gasteiger partial charge in [0, 0.05) is 0 Å². The number of carboxylic acids is 1. The summed E-state index contributed by atoms with van der Waals surface area (Å²) in [6.45, 7) is 0. The molecule has 0 fully saturated rings. The van der Waals surface area contributed by atoms with Crippen LogP contribution in [0.5, 0.6) is 0 Å². The topological polar surface area (TPSA) is 105 Å². The Morgan fingerprint density at radius 1 is 1.46 bits per heavy atom. The number of hydrogen-bond donors (Lipinski definition) is 3. The molecule has 0 atom stereocenters. The molecule has 0 radical (unpaired) electrons. The Kier molecular flexibility index (Phi) is 4.86. The molecule has 0 rings (SSSR count). The summed E-state index contributed by atoms with van der Waals surface area (Å²) in [6.07, 6.45) is 0.850. The molecule has 2 amide bonds. The first-order chi connectivity index (χ1) is 5.95. The lowest BCUT2D eigenvalue weighted by atomic mass is 10.5. The third-order valence-electron chi connectivity index (χ3n) is 0.750. The number of primary amides is 1. The van der Waals surface area contributed by atoms with Crippen molar-refractivity contribution in [1.29, 1.82) is 0 Å². The van der Waals surface area contributed by atoms with Crippen molar-refractivity contribution < 1.29 is 14.7 Å². The fourth-order valence-electron chi connectivity index (χ4n) is 0.311. The Hall–Kier alpha value is -1.27. The molecule has 0 aromatic rings. The Morgan fingerprint density at radius 3 is 2.38 bits per heavy atom. The number of urea groups is 1. The summed E-state index contributed by atoms with van der Waals surface area (Å²) in [7, 11) is 0. The SMILES string of the molecule is NC(=O)N/N=C\C(Cl)=C(/Cl)C(=O)O.